The van der Waals surface area contributed by atoms with Gasteiger partial charge in [-0.15, -0.1) is 0 Å². The molecule has 1 aromatic heterocycles. The number of sulfone groups is 1. The molecule has 2 heterocycles. The van der Waals surface area contributed by atoms with Gasteiger partial charge in [-0.1, -0.05) is 0 Å². The molecule has 1 atom stereocenters. The number of methoxy groups -OCH3 is 2. The quantitative estimate of drug-likeness (QED) is 0.799. The maximum absolute atomic E-state index is 13.0. The van der Waals surface area contributed by atoms with Crippen molar-refractivity contribution < 1.29 is 22.7 Å². The van der Waals surface area contributed by atoms with E-state index in [1.165, 1.54) is 7.11 Å². The van der Waals surface area contributed by atoms with Crippen LogP contribution >= 0.6 is 0 Å². The second-order valence-electron chi connectivity index (χ2n) is 7.51. The number of ether oxygens (including phenoxy) is 2. The molecule has 1 aliphatic carbocycles. The highest BCUT2D eigenvalue weighted by Crippen LogP contribution is 2.33. The van der Waals surface area contributed by atoms with E-state index in [9.17, 15) is 13.2 Å². The van der Waals surface area contributed by atoms with Gasteiger partial charge in [0.25, 0.3) is 5.91 Å². The first-order valence-electron chi connectivity index (χ1n) is 9.76. The van der Waals surface area contributed by atoms with Crippen LogP contribution in [0.15, 0.2) is 18.2 Å². The van der Waals surface area contributed by atoms with Gasteiger partial charge in [0, 0.05) is 23.0 Å². The van der Waals surface area contributed by atoms with Gasteiger partial charge in [-0.05, 0) is 44.2 Å². The van der Waals surface area contributed by atoms with Crippen molar-refractivity contribution in [3.8, 4) is 11.5 Å². The van der Waals surface area contributed by atoms with Gasteiger partial charge in [-0.25, -0.2) is 8.42 Å². The summed E-state index contributed by atoms with van der Waals surface area (Å²) in [6.07, 6.45) is 4.17. The smallest absolute Gasteiger partial charge is 0.276 e. The Bertz CT molecular complexity index is 1040. The summed E-state index contributed by atoms with van der Waals surface area (Å²) in [6, 6.07) is 4.98. The normalized spacial score (nSPS) is 20.1. The highest BCUT2D eigenvalue weighted by molar-refractivity contribution is 7.91. The molecule has 0 saturated carbocycles. The minimum Gasteiger partial charge on any atom is -0.493 e. The Morgan fingerprint density at radius 3 is 2.62 bits per heavy atom. The third kappa shape index (κ3) is 3.83. The van der Waals surface area contributed by atoms with Gasteiger partial charge in [0.1, 0.15) is 0 Å². The van der Waals surface area contributed by atoms with Crippen LogP contribution in [0, 0.1) is 0 Å². The molecule has 1 fully saturated rings. The van der Waals surface area contributed by atoms with Gasteiger partial charge >= 0.3 is 0 Å². The molecule has 1 saturated heterocycles. The standard InChI is InChI=1S/C20H25N3O5S/c1-27-17-8-7-13(11-18(17)28-2)21-20(24)19-15-5-3-4-6-16(15)23(22-19)14-9-10-29(25,26)12-14/h7-8,11,14H,3-6,9-10,12H2,1-2H3,(H,21,24)/t14-/m1/s1. The summed E-state index contributed by atoms with van der Waals surface area (Å²) >= 11 is 0. The highest BCUT2D eigenvalue weighted by Gasteiger charge is 2.34. The van der Waals surface area contributed by atoms with Gasteiger partial charge < -0.3 is 14.8 Å². The van der Waals surface area contributed by atoms with E-state index in [0.29, 0.717) is 29.3 Å². The fraction of sp³-hybridized carbons (Fsp3) is 0.500. The van der Waals surface area contributed by atoms with Crippen molar-refractivity contribution >= 4 is 21.4 Å². The number of carbonyl (C=O) groups is 1. The van der Waals surface area contributed by atoms with Gasteiger partial charge in [0.2, 0.25) is 0 Å². The Labute approximate surface area is 170 Å². The van der Waals surface area contributed by atoms with Gasteiger partial charge in [0.05, 0.1) is 31.8 Å². The van der Waals surface area contributed by atoms with E-state index in [4.69, 9.17) is 9.47 Å². The molecule has 0 bridgehead atoms. The van der Waals surface area contributed by atoms with Crippen LogP contribution in [0.3, 0.4) is 0 Å². The minimum atomic E-state index is -3.03. The van der Waals surface area contributed by atoms with Crippen LogP contribution in [-0.2, 0) is 22.7 Å². The predicted molar refractivity (Wildman–Crippen MR) is 109 cm³/mol. The third-order valence-electron chi connectivity index (χ3n) is 5.62. The SMILES string of the molecule is COc1ccc(NC(=O)c2nn([C@@H]3CCS(=O)(=O)C3)c3c2CCCC3)cc1OC. The summed E-state index contributed by atoms with van der Waals surface area (Å²) in [5, 5.41) is 7.48. The van der Waals surface area contributed by atoms with E-state index in [1.54, 1.807) is 25.3 Å². The van der Waals surface area contributed by atoms with Crippen molar-refractivity contribution in [1.82, 2.24) is 9.78 Å². The molecule has 0 unspecified atom stereocenters. The van der Waals surface area contributed by atoms with Crippen LogP contribution in [-0.4, -0.2) is 49.8 Å². The summed E-state index contributed by atoms with van der Waals surface area (Å²) in [5.74, 6) is 1.08. The molecule has 29 heavy (non-hydrogen) atoms. The zero-order chi connectivity index (χ0) is 20.6. The summed E-state index contributed by atoms with van der Waals surface area (Å²) in [4.78, 5) is 13.0. The number of hydrogen-bond acceptors (Lipinski definition) is 6. The number of fused-ring (bicyclic) bond motifs is 1. The number of nitrogens with zero attached hydrogens (tertiary/aromatic N) is 2. The van der Waals surface area contributed by atoms with Crippen molar-refractivity contribution in [3.63, 3.8) is 0 Å². The number of carbonyl (C=O) groups excluding carboxylic acids is 1. The van der Waals surface area contributed by atoms with Crippen LogP contribution in [0.5, 0.6) is 11.5 Å². The lowest BCUT2D eigenvalue weighted by Crippen LogP contribution is -2.17. The van der Waals surface area contributed by atoms with Crippen molar-refractivity contribution in [2.24, 2.45) is 0 Å². The number of amides is 1. The first kappa shape index (κ1) is 19.8. The van der Waals surface area contributed by atoms with E-state index in [1.807, 2.05) is 4.68 Å². The van der Waals surface area contributed by atoms with E-state index in [0.717, 1.165) is 36.9 Å². The predicted octanol–water partition coefficient (Wildman–Crippen LogP) is 2.39. The molecule has 4 rings (SSSR count). The fourth-order valence-corrected chi connectivity index (χ4v) is 5.87. The molecule has 9 heteroatoms. The topological polar surface area (TPSA) is 99.5 Å². The summed E-state index contributed by atoms with van der Waals surface area (Å²) in [5.41, 5.74) is 2.92. The van der Waals surface area contributed by atoms with Crippen molar-refractivity contribution in [1.29, 1.82) is 0 Å². The molecule has 1 N–H and O–H groups in total. The van der Waals surface area contributed by atoms with E-state index < -0.39 is 9.84 Å². The summed E-state index contributed by atoms with van der Waals surface area (Å²) in [6.45, 7) is 0. The van der Waals surface area contributed by atoms with Crippen LogP contribution < -0.4 is 14.8 Å². The molecule has 8 nitrogen and oxygen atoms in total. The Kier molecular flexibility index (Phi) is 5.24. The molecule has 0 radical (unpaired) electrons. The molecule has 1 amide bonds. The Hall–Kier alpha value is -2.55. The first-order chi connectivity index (χ1) is 13.9. The van der Waals surface area contributed by atoms with Gasteiger partial charge in [-0.3, -0.25) is 9.48 Å². The molecule has 2 aliphatic rings. The lowest BCUT2D eigenvalue weighted by atomic mass is 9.95. The maximum Gasteiger partial charge on any atom is 0.276 e. The monoisotopic (exact) mass is 419 g/mol. The van der Waals surface area contributed by atoms with E-state index >= 15 is 0 Å². The highest BCUT2D eigenvalue weighted by atomic mass is 32.2. The number of nitrogens with one attached hydrogen (secondary N) is 1. The van der Waals surface area contributed by atoms with Crippen LogP contribution in [0.4, 0.5) is 5.69 Å². The molecular weight excluding hydrogens is 394 g/mol. The molecule has 1 aromatic carbocycles. The zero-order valence-corrected chi connectivity index (χ0v) is 17.4. The molecule has 2 aromatic rings. The number of aromatic nitrogens is 2. The Balaban J connectivity index is 1.64. The minimum absolute atomic E-state index is 0.0951. The average Bonchev–Trinajstić information content (AvgIpc) is 3.27. The third-order valence-corrected chi connectivity index (χ3v) is 7.37. The lowest BCUT2D eigenvalue weighted by molar-refractivity contribution is 0.102. The molecule has 1 aliphatic heterocycles. The second-order valence-corrected chi connectivity index (χ2v) is 9.73. The van der Waals surface area contributed by atoms with Crippen molar-refractivity contribution in [2.45, 2.75) is 38.1 Å². The lowest BCUT2D eigenvalue weighted by Gasteiger charge is -2.17. The van der Waals surface area contributed by atoms with E-state index in [2.05, 4.69) is 10.4 Å². The summed E-state index contributed by atoms with van der Waals surface area (Å²) < 4.78 is 36.2. The number of benzene rings is 1. The van der Waals surface area contributed by atoms with E-state index in [-0.39, 0.29) is 23.5 Å². The second kappa shape index (κ2) is 7.70. The summed E-state index contributed by atoms with van der Waals surface area (Å²) in [7, 11) is 0.0615. The van der Waals surface area contributed by atoms with Crippen LogP contribution in [0.1, 0.15) is 47.1 Å². The fourth-order valence-electron chi connectivity index (χ4n) is 4.18. The van der Waals surface area contributed by atoms with Crippen molar-refractivity contribution in [2.75, 3.05) is 31.0 Å². The van der Waals surface area contributed by atoms with Crippen LogP contribution in [0.25, 0.3) is 0 Å². The van der Waals surface area contributed by atoms with Crippen LogP contribution in [0.2, 0.25) is 0 Å². The largest absolute Gasteiger partial charge is 0.493 e. The number of rotatable bonds is 5. The number of anilines is 1. The van der Waals surface area contributed by atoms with Gasteiger partial charge in [-0.2, -0.15) is 5.10 Å². The zero-order valence-electron chi connectivity index (χ0n) is 16.6. The number of hydrogen-bond donors (Lipinski definition) is 1. The Morgan fingerprint density at radius 2 is 1.93 bits per heavy atom. The molecule has 0 spiro atoms. The van der Waals surface area contributed by atoms with Crippen molar-refractivity contribution in [3.05, 3.63) is 35.2 Å². The Morgan fingerprint density at radius 1 is 1.17 bits per heavy atom. The maximum atomic E-state index is 13.0. The first-order valence-corrected chi connectivity index (χ1v) is 11.6. The average molecular weight is 420 g/mol. The molecule has 156 valence electrons. The molecular formula is C20H25N3O5S. The van der Waals surface area contributed by atoms with Gasteiger partial charge in [0.15, 0.2) is 27.0 Å².